The van der Waals surface area contributed by atoms with Crippen molar-refractivity contribution in [2.45, 2.75) is 0 Å². The highest BCUT2D eigenvalue weighted by atomic mass is 16.2. The summed E-state index contributed by atoms with van der Waals surface area (Å²) in [4.78, 5) is 27.2. The molecule has 0 radical (unpaired) electrons. The van der Waals surface area contributed by atoms with E-state index in [2.05, 4.69) is 6.58 Å². The van der Waals surface area contributed by atoms with Gasteiger partial charge in [-0.25, -0.2) is 9.69 Å². The summed E-state index contributed by atoms with van der Waals surface area (Å²) in [7, 11) is 0. The monoisotopic (exact) mass is 264 g/mol. The van der Waals surface area contributed by atoms with E-state index in [0.717, 1.165) is 4.90 Å². The van der Waals surface area contributed by atoms with E-state index in [1.807, 2.05) is 24.3 Å². The van der Waals surface area contributed by atoms with E-state index in [9.17, 15) is 9.59 Å². The van der Waals surface area contributed by atoms with Crippen LogP contribution in [0.5, 0.6) is 0 Å². The average molecular weight is 264 g/mol. The van der Waals surface area contributed by atoms with E-state index in [0.29, 0.717) is 11.4 Å². The van der Waals surface area contributed by atoms with Crippen molar-refractivity contribution in [1.82, 2.24) is 0 Å². The molecule has 0 saturated carbocycles. The van der Waals surface area contributed by atoms with Crippen molar-refractivity contribution in [3.05, 3.63) is 72.9 Å². The fourth-order valence-electron chi connectivity index (χ4n) is 2.18. The van der Waals surface area contributed by atoms with Crippen LogP contribution in [0.15, 0.2) is 72.9 Å². The molecule has 4 heteroatoms. The Bertz CT molecular complexity index is 621. The third-order valence-corrected chi connectivity index (χ3v) is 3.13. The number of hydrogen-bond donors (Lipinski definition) is 0. The molecule has 4 nitrogen and oxygen atoms in total. The number of anilines is 2. The molecule has 1 saturated heterocycles. The normalized spacial score (nSPS) is 15.1. The summed E-state index contributed by atoms with van der Waals surface area (Å²) in [5, 5.41) is 0. The fourth-order valence-corrected chi connectivity index (χ4v) is 2.18. The molecule has 98 valence electrons. The quantitative estimate of drug-likeness (QED) is 0.617. The second kappa shape index (κ2) is 4.66. The van der Waals surface area contributed by atoms with Crippen LogP contribution in [0.25, 0.3) is 0 Å². The number of carbonyl (C=O) groups is 2. The van der Waals surface area contributed by atoms with Gasteiger partial charge in [-0.2, -0.15) is 0 Å². The topological polar surface area (TPSA) is 40.6 Å². The second-order valence-electron chi connectivity index (χ2n) is 4.38. The lowest BCUT2D eigenvalue weighted by molar-refractivity contribution is -0.113. The minimum atomic E-state index is -0.405. The highest BCUT2D eigenvalue weighted by molar-refractivity contribution is 6.33. The van der Waals surface area contributed by atoms with E-state index >= 15 is 0 Å². The van der Waals surface area contributed by atoms with Gasteiger partial charge in [0, 0.05) is 0 Å². The lowest BCUT2D eigenvalue weighted by Gasteiger charge is -2.16. The van der Waals surface area contributed by atoms with Gasteiger partial charge < -0.3 is 0 Å². The van der Waals surface area contributed by atoms with E-state index in [-0.39, 0.29) is 5.70 Å². The minimum Gasteiger partial charge on any atom is -0.266 e. The van der Waals surface area contributed by atoms with Gasteiger partial charge in [-0.1, -0.05) is 43.0 Å². The third kappa shape index (κ3) is 1.78. The van der Waals surface area contributed by atoms with Gasteiger partial charge in [-0.15, -0.1) is 0 Å². The second-order valence-corrected chi connectivity index (χ2v) is 4.38. The van der Waals surface area contributed by atoms with Crippen molar-refractivity contribution < 1.29 is 9.59 Å². The van der Waals surface area contributed by atoms with Gasteiger partial charge >= 0.3 is 6.03 Å². The highest BCUT2D eigenvalue weighted by Crippen LogP contribution is 2.30. The number of amides is 3. The fraction of sp³-hybridized carbons (Fsp3) is 0. The van der Waals surface area contributed by atoms with Crippen LogP contribution in [0.4, 0.5) is 16.2 Å². The molecule has 0 aromatic heterocycles. The van der Waals surface area contributed by atoms with Crippen molar-refractivity contribution in [2.24, 2.45) is 0 Å². The number of para-hydroxylation sites is 2. The Hall–Kier alpha value is -2.88. The molecular weight excluding hydrogens is 252 g/mol. The molecule has 0 unspecified atom stereocenters. The molecule has 20 heavy (non-hydrogen) atoms. The van der Waals surface area contributed by atoms with Crippen molar-refractivity contribution in [2.75, 3.05) is 9.80 Å². The standard InChI is InChI=1S/C16H12N2O2/c1-12-15(19)18(14-10-6-3-7-11-14)16(20)17(12)13-8-4-2-5-9-13/h2-11H,1H2. The summed E-state index contributed by atoms with van der Waals surface area (Å²) >= 11 is 0. The molecule has 1 fully saturated rings. The molecule has 2 aromatic carbocycles. The zero-order chi connectivity index (χ0) is 14.1. The van der Waals surface area contributed by atoms with Crippen LogP contribution in [0.1, 0.15) is 0 Å². The first-order valence-electron chi connectivity index (χ1n) is 6.17. The predicted octanol–water partition coefficient (Wildman–Crippen LogP) is 3.17. The number of nitrogens with zero attached hydrogens (tertiary/aromatic N) is 2. The van der Waals surface area contributed by atoms with Gasteiger partial charge in [0.15, 0.2) is 0 Å². The van der Waals surface area contributed by atoms with Gasteiger partial charge in [0.05, 0.1) is 11.4 Å². The Morgan fingerprint density at radius 2 is 1.15 bits per heavy atom. The summed E-state index contributed by atoms with van der Waals surface area (Å²) in [5.41, 5.74) is 1.33. The van der Waals surface area contributed by atoms with E-state index in [1.165, 1.54) is 4.90 Å². The Balaban J connectivity index is 2.03. The first-order chi connectivity index (χ1) is 9.70. The molecule has 2 aromatic rings. The van der Waals surface area contributed by atoms with Crippen LogP contribution < -0.4 is 9.80 Å². The Labute approximate surface area is 116 Å². The number of urea groups is 1. The lowest BCUT2D eigenvalue weighted by Crippen LogP contribution is -2.32. The maximum Gasteiger partial charge on any atom is 0.340 e. The van der Waals surface area contributed by atoms with Crippen molar-refractivity contribution in [1.29, 1.82) is 0 Å². The Kier molecular flexibility index (Phi) is 2.84. The van der Waals surface area contributed by atoms with Gasteiger partial charge in [0.2, 0.25) is 0 Å². The first kappa shape index (κ1) is 12.2. The molecular formula is C16H12N2O2. The summed E-state index contributed by atoms with van der Waals surface area (Å²) in [5.74, 6) is -0.398. The molecule has 1 aliphatic heterocycles. The molecule has 0 atom stereocenters. The van der Waals surface area contributed by atoms with Gasteiger partial charge in [0.25, 0.3) is 5.91 Å². The van der Waals surface area contributed by atoms with E-state index < -0.39 is 11.9 Å². The molecule has 0 N–H and O–H groups in total. The number of imide groups is 1. The molecule has 1 heterocycles. The molecule has 3 rings (SSSR count). The molecule has 0 spiro atoms. The van der Waals surface area contributed by atoms with Gasteiger partial charge in [-0.05, 0) is 24.3 Å². The maximum atomic E-state index is 12.5. The molecule has 0 bridgehead atoms. The summed E-state index contributed by atoms with van der Waals surface area (Å²) in [6, 6.07) is 17.4. The minimum absolute atomic E-state index is 0.157. The van der Waals surface area contributed by atoms with Crippen LogP contribution in [-0.2, 0) is 4.79 Å². The highest BCUT2D eigenvalue weighted by Gasteiger charge is 2.41. The smallest absolute Gasteiger partial charge is 0.266 e. The summed E-state index contributed by atoms with van der Waals surface area (Å²) in [6.45, 7) is 3.73. The molecule has 3 amide bonds. The largest absolute Gasteiger partial charge is 0.340 e. The number of hydrogen-bond acceptors (Lipinski definition) is 2. The molecule has 0 aliphatic carbocycles. The summed E-state index contributed by atoms with van der Waals surface area (Å²) < 4.78 is 0. The zero-order valence-corrected chi connectivity index (χ0v) is 10.7. The third-order valence-electron chi connectivity index (χ3n) is 3.13. The molecule has 1 aliphatic rings. The lowest BCUT2D eigenvalue weighted by atomic mass is 10.3. The van der Waals surface area contributed by atoms with Gasteiger partial charge in [0.1, 0.15) is 5.70 Å². The SMILES string of the molecule is C=C1C(=O)N(c2ccccc2)C(=O)N1c1ccccc1. The summed E-state index contributed by atoms with van der Waals surface area (Å²) in [6.07, 6.45) is 0. The van der Waals surface area contributed by atoms with Crippen LogP contribution in [0.2, 0.25) is 0 Å². The first-order valence-corrected chi connectivity index (χ1v) is 6.17. The average Bonchev–Trinajstić information content (AvgIpc) is 2.71. The van der Waals surface area contributed by atoms with E-state index in [1.54, 1.807) is 36.4 Å². The van der Waals surface area contributed by atoms with E-state index in [4.69, 9.17) is 0 Å². The zero-order valence-electron chi connectivity index (χ0n) is 10.7. The van der Waals surface area contributed by atoms with Crippen molar-refractivity contribution in [3.8, 4) is 0 Å². The predicted molar refractivity (Wildman–Crippen MR) is 77.4 cm³/mol. The number of rotatable bonds is 2. The number of carbonyl (C=O) groups excluding carboxylic acids is 2. The van der Waals surface area contributed by atoms with Crippen molar-refractivity contribution >= 4 is 23.3 Å². The van der Waals surface area contributed by atoms with Crippen LogP contribution in [0, 0.1) is 0 Å². The van der Waals surface area contributed by atoms with Crippen LogP contribution >= 0.6 is 0 Å². The van der Waals surface area contributed by atoms with Crippen molar-refractivity contribution in [3.63, 3.8) is 0 Å². The maximum absolute atomic E-state index is 12.5. The number of benzene rings is 2. The van der Waals surface area contributed by atoms with Gasteiger partial charge in [-0.3, -0.25) is 9.69 Å². The Morgan fingerprint density at radius 3 is 1.65 bits per heavy atom. The Morgan fingerprint density at radius 1 is 0.700 bits per heavy atom. The van der Waals surface area contributed by atoms with Crippen LogP contribution in [-0.4, -0.2) is 11.9 Å². The van der Waals surface area contributed by atoms with Crippen LogP contribution in [0.3, 0.4) is 0 Å².